The van der Waals surface area contributed by atoms with E-state index < -0.39 is 0 Å². The second-order valence-electron chi connectivity index (χ2n) is 3.39. The molecule has 0 aliphatic heterocycles. The first-order chi connectivity index (χ1) is 4.85. The van der Waals surface area contributed by atoms with Crippen molar-refractivity contribution in [3.8, 4) is 11.8 Å². The summed E-state index contributed by atoms with van der Waals surface area (Å²) >= 11 is 0. The van der Waals surface area contributed by atoms with E-state index in [0.29, 0.717) is 5.41 Å². The molecule has 0 aromatic rings. The van der Waals surface area contributed by atoms with Crippen LogP contribution >= 0.6 is 0 Å². The fourth-order valence-corrected chi connectivity index (χ4v) is 2.16. The Balaban J connectivity index is 2.30. The van der Waals surface area contributed by atoms with Gasteiger partial charge in [0.2, 0.25) is 0 Å². The van der Waals surface area contributed by atoms with Crippen LogP contribution in [0.1, 0.15) is 26.2 Å². The number of hydrogen-bond donors (Lipinski definition) is 0. The molecule has 2 aliphatic rings. The van der Waals surface area contributed by atoms with Crippen molar-refractivity contribution in [2.24, 2.45) is 11.3 Å². The van der Waals surface area contributed by atoms with Crippen LogP contribution in [0.5, 0.6) is 0 Å². The molecule has 10 heavy (non-hydrogen) atoms. The van der Waals surface area contributed by atoms with E-state index in [1.807, 2.05) is 6.92 Å². The first kappa shape index (κ1) is 6.04. The highest BCUT2D eigenvalue weighted by Crippen LogP contribution is 2.48. The van der Waals surface area contributed by atoms with Crippen molar-refractivity contribution in [3.63, 3.8) is 0 Å². The molecule has 0 heterocycles. The monoisotopic (exact) mass is 132 g/mol. The van der Waals surface area contributed by atoms with Crippen molar-refractivity contribution >= 4 is 0 Å². The van der Waals surface area contributed by atoms with E-state index in [1.165, 1.54) is 19.3 Å². The molecule has 2 atom stereocenters. The van der Waals surface area contributed by atoms with Gasteiger partial charge >= 0.3 is 0 Å². The number of fused-ring (bicyclic) bond motifs is 2. The Morgan fingerprint density at radius 1 is 1.60 bits per heavy atom. The molecule has 0 aromatic carbocycles. The number of allylic oxidation sites excluding steroid dienone is 2. The maximum atomic E-state index is 3.31. The summed E-state index contributed by atoms with van der Waals surface area (Å²) < 4.78 is 0. The van der Waals surface area contributed by atoms with Gasteiger partial charge in [0.15, 0.2) is 0 Å². The highest BCUT2D eigenvalue weighted by atomic mass is 14.4. The third-order valence-electron chi connectivity index (χ3n) is 2.65. The van der Waals surface area contributed by atoms with Crippen LogP contribution in [0.25, 0.3) is 0 Å². The number of rotatable bonds is 0. The van der Waals surface area contributed by atoms with Crippen LogP contribution in [-0.4, -0.2) is 0 Å². The summed E-state index contributed by atoms with van der Waals surface area (Å²) in [6.45, 7) is 1.94. The first-order valence-electron chi connectivity index (χ1n) is 3.98. The third kappa shape index (κ3) is 0.703. The molecule has 52 valence electrons. The van der Waals surface area contributed by atoms with E-state index in [1.54, 1.807) is 0 Å². The van der Waals surface area contributed by atoms with Crippen molar-refractivity contribution in [1.82, 2.24) is 0 Å². The van der Waals surface area contributed by atoms with Crippen molar-refractivity contribution in [1.29, 1.82) is 0 Å². The van der Waals surface area contributed by atoms with E-state index in [9.17, 15) is 0 Å². The topological polar surface area (TPSA) is 0 Å². The average Bonchev–Trinajstić information content (AvgIpc) is 2.46. The average molecular weight is 132 g/mol. The zero-order valence-electron chi connectivity index (χ0n) is 6.35. The predicted octanol–water partition coefficient (Wildman–Crippen LogP) is 2.37. The van der Waals surface area contributed by atoms with Gasteiger partial charge in [-0.3, -0.25) is 0 Å². The molecule has 1 fully saturated rings. The Morgan fingerprint density at radius 2 is 2.50 bits per heavy atom. The quantitative estimate of drug-likeness (QED) is 0.350. The molecule has 2 unspecified atom stereocenters. The van der Waals surface area contributed by atoms with Crippen LogP contribution < -0.4 is 0 Å². The van der Waals surface area contributed by atoms with Crippen molar-refractivity contribution in [3.05, 3.63) is 12.2 Å². The van der Waals surface area contributed by atoms with Crippen molar-refractivity contribution < 1.29 is 0 Å². The summed E-state index contributed by atoms with van der Waals surface area (Å²) in [5.74, 6) is 7.20. The molecule has 0 saturated heterocycles. The molecule has 0 N–H and O–H groups in total. The summed E-state index contributed by atoms with van der Waals surface area (Å²) in [6.07, 6.45) is 8.62. The molecular weight excluding hydrogens is 120 g/mol. The van der Waals surface area contributed by atoms with Crippen molar-refractivity contribution in [2.75, 3.05) is 0 Å². The van der Waals surface area contributed by atoms with Crippen LogP contribution in [0.4, 0.5) is 0 Å². The van der Waals surface area contributed by atoms with Gasteiger partial charge in [-0.05, 0) is 32.1 Å². The molecule has 0 nitrogen and oxygen atoms in total. The van der Waals surface area contributed by atoms with E-state index >= 15 is 0 Å². The van der Waals surface area contributed by atoms with Gasteiger partial charge in [-0.15, -0.1) is 5.92 Å². The molecular formula is C10H12. The minimum absolute atomic E-state index is 0.319. The van der Waals surface area contributed by atoms with Gasteiger partial charge in [-0.1, -0.05) is 18.1 Å². The standard InChI is InChI=1S/C10H12/c1-2-5-10-6-3-9(8-10)4-7-10/h3,6,9H,4,7-8H2,1H3. The lowest BCUT2D eigenvalue weighted by atomic mass is 9.89. The zero-order valence-corrected chi connectivity index (χ0v) is 6.35. The molecule has 2 aliphatic carbocycles. The van der Waals surface area contributed by atoms with Gasteiger partial charge in [0.25, 0.3) is 0 Å². The minimum atomic E-state index is 0.319. The largest absolute Gasteiger partial charge is 0.106 e. The Morgan fingerprint density at radius 3 is 2.90 bits per heavy atom. The normalized spacial score (nSPS) is 41.5. The Hall–Kier alpha value is -0.700. The maximum Gasteiger partial charge on any atom is 0.0499 e. The fraction of sp³-hybridized carbons (Fsp3) is 0.600. The van der Waals surface area contributed by atoms with Crippen molar-refractivity contribution in [2.45, 2.75) is 26.2 Å². The predicted molar refractivity (Wildman–Crippen MR) is 42.4 cm³/mol. The summed E-state index contributed by atoms with van der Waals surface area (Å²) in [6, 6.07) is 0. The van der Waals surface area contributed by atoms with Crippen LogP contribution in [0.15, 0.2) is 12.2 Å². The van der Waals surface area contributed by atoms with Gasteiger partial charge in [0, 0.05) is 5.41 Å². The third-order valence-corrected chi connectivity index (χ3v) is 2.65. The van der Waals surface area contributed by atoms with Gasteiger partial charge in [0.1, 0.15) is 0 Å². The molecule has 0 amide bonds. The van der Waals surface area contributed by atoms with E-state index in [-0.39, 0.29) is 0 Å². The first-order valence-corrected chi connectivity index (χ1v) is 3.98. The second-order valence-corrected chi connectivity index (χ2v) is 3.39. The maximum absolute atomic E-state index is 3.31. The van der Waals surface area contributed by atoms with E-state index in [4.69, 9.17) is 0 Å². The molecule has 0 heteroatoms. The smallest absolute Gasteiger partial charge is 0.0499 e. The molecule has 2 bridgehead atoms. The molecule has 2 rings (SSSR count). The Bertz CT molecular complexity index is 226. The summed E-state index contributed by atoms with van der Waals surface area (Å²) in [7, 11) is 0. The molecule has 1 saturated carbocycles. The summed E-state index contributed by atoms with van der Waals surface area (Å²) in [4.78, 5) is 0. The van der Waals surface area contributed by atoms with Crippen LogP contribution in [0.2, 0.25) is 0 Å². The Kier molecular flexibility index (Phi) is 1.14. The fourth-order valence-electron chi connectivity index (χ4n) is 2.16. The van der Waals surface area contributed by atoms with E-state index in [2.05, 4.69) is 24.0 Å². The van der Waals surface area contributed by atoms with Crippen LogP contribution in [0.3, 0.4) is 0 Å². The highest BCUT2D eigenvalue weighted by molar-refractivity contribution is 5.28. The van der Waals surface area contributed by atoms with E-state index in [0.717, 1.165) is 5.92 Å². The lowest BCUT2D eigenvalue weighted by Crippen LogP contribution is -2.06. The van der Waals surface area contributed by atoms with Gasteiger partial charge in [-0.2, -0.15) is 0 Å². The van der Waals surface area contributed by atoms with Gasteiger partial charge in [0.05, 0.1) is 0 Å². The molecule has 0 aromatic heterocycles. The Labute approximate surface area is 62.3 Å². The van der Waals surface area contributed by atoms with Crippen LogP contribution in [-0.2, 0) is 0 Å². The second kappa shape index (κ2) is 1.89. The molecule has 0 spiro atoms. The van der Waals surface area contributed by atoms with Gasteiger partial charge < -0.3 is 0 Å². The SMILES string of the molecule is CC#CC12C=CC(CC1)C2. The lowest BCUT2D eigenvalue weighted by Gasteiger charge is -2.13. The summed E-state index contributed by atoms with van der Waals surface area (Å²) in [5, 5.41) is 0. The van der Waals surface area contributed by atoms with Crippen LogP contribution in [0, 0.1) is 23.2 Å². The molecule has 0 radical (unpaired) electrons. The summed E-state index contributed by atoms with van der Waals surface area (Å²) in [5.41, 5.74) is 0.319. The highest BCUT2D eigenvalue weighted by Gasteiger charge is 2.38. The lowest BCUT2D eigenvalue weighted by molar-refractivity contribution is 0.548. The zero-order chi connectivity index (χ0) is 7.03. The number of hydrogen-bond acceptors (Lipinski definition) is 0. The van der Waals surface area contributed by atoms with Gasteiger partial charge in [-0.25, -0.2) is 0 Å². The minimum Gasteiger partial charge on any atom is -0.106 e.